The van der Waals surface area contributed by atoms with Crippen molar-refractivity contribution in [1.29, 1.82) is 0 Å². The van der Waals surface area contributed by atoms with E-state index in [1.807, 2.05) is 19.1 Å². The Balaban J connectivity index is 2.06. The van der Waals surface area contributed by atoms with Crippen molar-refractivity contribution in [2.24, 2.45) is 0 Å². The summed E-state index contributed by atoms with van der Waals surface area (Å²) in [6, 6.07) is 11.5. The summed E-state index contributed by atoms with van der Waals surface area (Å²) in [5.41, 5.74) is 3.27. The number of urea groups is 1. The van der Waals surface area contributed by atoms with Crippen LogP contribution in [0.1, 0.15) is 29.2 Å². The maximum atomic E-state index is 12.1. The molecule has 0 aliphatic rings. The molecule has 0 saturated carbocycles. The van der Waals surface area contributed by atoms with Crippen LogP contribution in [-0.4, -0.2) is 24.2 Å². The minimum atomic E-state index is -0.435. The predicted molar refractivity (Wildman–Crippen MR) is 89.0 cm³/mol. The maximum Gasteiger partial charge on any atom is 0.315 e. The van der Waals surface area contributed by atoms with Gasteiger partial charge in [0.25, 0.3) is 0 Å². The molecule has 0 spiro atoms. The summed E-state index contributed by atoms with van der Waals surface area (Å²) in [6.45, 7) is 1.93. The first kappa shape index (κ1) is 16.9. The van der Waals surface area contributed by atoms with Gasteiger partial charge in [-0.2, -0.15) is 0 Å². The Kier molecular flexibility index (Phi) is 6.54. The van der Waals surface area contributed by atoms with Crippen molar-refractivity contribution in [3.8, 4) is 0 Å². The second-order valence-electron chi connectivity index (χ2n) is 5.47. The standard InChI is InChI=1S/C18H22FN3O/c1-14-5-7-15(8-6-14)12-17(16-4-2-10-20-13-16)22-18(23)21-11-3-9-19/h2,4-8,10,13,17H,3,9,11-12H2,1H3,(H2,21,22,23)/t17-/m1/s1. The number of benzene rings is 1. The molecule has 23 heavy (non-hydrogen) atoms. The predicted octanol–water partition coefficient (Wildman–Crippen LogP) is 3.33. The van der Waals surface area contributed by atoms with Crippen LogP contribution in [0.3, 0.4) is 0 Å². The molecule has 0 radical (unpaired) electrons. The van der Waals surface area contributed by atoms with E-state index in [0.29, 0.717) is 19.4 Å². The molecular formula is C18H22FN3O. The first-order valence-corrected chi connectivity index (χ1v) is 7.75. The lowest BCUT2D eigenvalue weighted by Crippen LogP contribution is -2.39. The number of amides is 2. The van der Waals surface area contributed by atoms with E-state index in [-0.39, 0.29) is 12.1 Å². The van der Waals surface area contributed by atoms with Crippen LogP contribution in [0.25, 0.3) is 0 Å². The minimum absolute atomic E-state index is 0.184. The van der Waals surface area contributed by atoms with Crippen LogP contribution in [0.4, 0.5) is 9.18 Å². The third-order valence-corrected chi connectivity index (χ3v) is 3.55. The molecule has 1 aromatic heterocycles. The van der Waals surface area contributed by atoms with Crippen molar-refractivity contribution in [3.05, 3.63) is 65.5 Å². The van der Waals surface area contributed by atoms with Crippen molar-refractivity contribution < 1.29 is 9.18 Å². The van der Waals surface area contributed by atoms with Crippen molar-refractivity contribution in [3.63, 3.8) is 0 Å². The molecule has 1 atom stereocenters. The highest BCUT2D eigenvalue weighted by Crippen LogP contribution is 2.18. The second-order valence-corrected chi connectivity index (χ2v) is 5.47. The number of halogens is 1. The molecule has 0 bridgehead atoms. The number of alkyl halides is 1. The molecule has 0 fully saturated rings. The van der Waals surface area contributed by atoms with Gasteiger partial charge in [-0.15, -0.1) is 0 Å². The van der Waals surface area contributed by atoms with Gasteiger partial charge in [-0.3, -0.25) is 9.37 Å². The van der Waals surface area contributed by atoms with Gasteiger partial charge < -0.3 is 10.6 Å². The van der Waals surface area contributed by atoms with Gasteiger partial charge in [0, 0.05) is 18.9 Å². The second kappa shape index (κ2) is 8.88. The number of nitrogens with one attached hydrogen (secondary N) is 2. The number of carbonyl (C=O) groups excluding carboxylic acids is 1. The van der Waals surface area contributed by atoms with Gasteiger partial charge in [0.05, 0.1) is 12.7 Å². The Bertz CT molecular complexity index is 601. The van der Waals surface area contributed by atoms with Crippen molar-refractivity contribution in [2.45, 2.75) is 25.8 Å². The summed E-state index contributed by atoms with van der Waals surface area (Å²) in [6.07, 6.45) is 4.44. The fourth-order valence-electron chi connectivity index (χ4n) is 2.27. The van der Waals surface area contributed by atoms with E-state index in [0.717, 1.165) is 11.1 Å². The normalized spacial score (nSPS) is 11.7. The molecule has 2 N–H and O–H groups in total. The zero-order chi connectivity index (χ0) is 16.5. The van der Waals surface area contributed by atoms with Crippen LogP contribution in [0.5, 0.6) is 0 Å². The van der Waals surface area contributed by atoms with E-state index in [9.17, 15) is 9.18 Å². The number of rotatable bonds is 7. The van der Waals surface area contributed by atoms with Gasteiger partial charge in [-0.05, 0) is 37.0 Å². The van der Waals surface area contributed by atoms with E-state index in [2.05, 4.69) is 39.9 Å². The monoisotopic (exact) mass is 315 g/mol. The summed E-state index contributed by atoms with van der Waals surface area (Å²) in [7, 11) is 0. The van der Waals surface area contributed by atoms with Crippen molar-refractivity contribution in [2.75, 3.05) is 13.2 Å². The molecule has 2 rings (SSSR count). The molecule has 2 aromatic rings. The number of pyridine rings is 1. The smallest absolute Gasteiger partial charge is 0.315 e. The average molecular weight is 315 g/mol. The van der Waals surface area contributed by atoms with Gasteiger partial charge >= 0.3 is 6.03 Å². The van der Waals surface area contributed by atoms with E-state index in [1.165, 1.54) is 5.56 Å². The Hall–Kier alpha value is -2.43. The van der Waals surface area contributed by atoms with Crippen LogP contribution in [0, 0.1) is 6.92 Å². The van der Waals surface area contributed by atoms with Crippen molar-refractivity contribution in [1.82, 2.24) is 15.6 Å². The summed E-state index contributed by atoms with van der Waals surface area (Å²) in [4.78, 5) is 16.1. The zero-order valence-electron chi connectivity index (χ0n) is 13.3. The lowest BCUT2D eigenvalue weighted by molar-refractivity contribution is 0.236. The molecule has 122 valence electrons. The molecule has 0 aliphatic carbocycles. The lowest BCUT2D eigenvalue weighted by Gasteiger charge is -2.19. The summed E-state index contributed by atoms with van der Waals surface area (Å²) in [5.74, 6) is 0. The number of carbonyl (C=O) groups is 1. The first-order valence-electron chi connectivity index (χ1n) is 7.75. The number of aromatic nitrogens is 1. The summed E-state index contributed by atoms with van der Waals surface area (Å²) >= 11 is 0. The molecule has 1 aromatic carbocycles. The molecule has 0 aliphatic heterocycles. The quantitative estimate of drug-likeness (QED) is 0.770. The molecule has 0 unspecified atom stereocenters. The number of nitrogens with zero attached hydrogens (tertiary/aromatic N) is 1. The van der Waals surface area contributed by atoms with Crippen LogP contribution < -0.4 is 10.6 Å². The SMILES string of the molecule is Cc1ccc(C[C@@H](NC(=O)NCCCF)c2cccnc2)cc1. The lowest BCUT2D eigenvalue weighted by atomic mass is 9.99. The van der Waals surface area contributed by atoms with Crippen LogP contribution in [-0.2, 0) is 6.42 Å². The highest BCUT2D eigenvalue weighted by molar-refractivity contribution is 5.74. The Labute approximate surface area is 136 Å². The molecule has 1 heterocycles. The zero-order valence-corrected chi connectivity index (χ0v) is 13.3. The molecule has 4 nitrogen and oxygen atoms in total. The van der Waals surface area contributed by atoms with Crippen LogP contribution >= 0.6 is 0 Å². The molecule has 0 saturated heterocycles. The molecule has 2 amide bonds. The number of hydrogen-bond donors (Lipinski definition) is 2. The van der Waals surface area contributed by atoms with Gasteiger partial charge in [0.15, 0.2) is 0 Å². The molecule has 5 heteroatoms. The van der Waals surface area contributed by atoms with Crippen LogP contribution in [0.2, 0.25) is 0 Å². The van der Waals surface area contributed by atoms with Crippen molar-refractivity contribution >= 4 is 6.03 Å². The number of hydrogen-bond acceptors (Lipinski definition) is 2. The van der Waals surface area contributed by atoms with E-state index in [4.69, 9.17) is 0 Å². The highest BCUT2D eigenvalue weighted by Gasteiger charge is 2.15. The van der Waals surface area contributed by atoms with E-state index < -0.39 is 6.67 Å². The number of aryl methyl sites for hydroxylation is 1. The van der Waals surface area contributed by atoms with Crippen LogP contribution in [0.15, 0.2) is 48.8 Å². The van der Waals surface area contributed by atoms with Gasteiger partial charge in [0.2, 0.25) is 0 Å². The summed E-state index contributed by atoms with van der Waals surface area (Å²) < 4.78 is 12.1. The van der Waals surface area contributed by atoms with Gasteiger partial charge in [-0.1, -0.05) is 35.9 Å². The first-order chi connectivity index (χ1) is 11.2. The third-order valence-electron chi connectivity index (χ3n) is 3.55. The minimum Gasteiger partial charge on any atom is -0.338 e. The fraction of sp³-hybridized carbons (Fsp3) is 0.333. The largest absolute Gasteiger partial charge is 0.338 e. The highest BCUT2D eigenvalue weighted by atomic mass is 19.1. The average Bonchev–Trinajstić information content (AvgIpc) is 2.57. The van der Waals surface area contributed by atoms with Gasteiger partial charge in [0.1, 0.15) is 0 Å². The summed E-state index contributed by atoms with van der Waals surface area (Å²) in [5, 5.41) is 5.61. The van der Waals surface area contributed by atoms with Gasteiger partial charge in [-0.25, -0.2) is 4.79 Å². The topological polar surface area (TPSA) is 54.0 Å². The maximum absolute atomic E-state index is 12.1. The molecular weight excluding hydrogens is 293 g/mol. The fourth-order valence-corrected chi connectivity index (χ4v) is 2.27. The van der Waals surface area contributed by atoms with E-state index in [1.54, 1.807) is 12.4 Å². The Morgan fingerprint density at radius 1 is 1.26 bits per heavy atom. The Morgan fingerprint density at radius 3 is 2.70 bits per heavy atom. The third kappa shape index (κ3) is 5.70. The van der Waals surface area contributed by atoms with E-state index >= 15 is 0 Å². The Morgan fingerprint density at radius 2 is 2.04 bits per heavy atom.